The predicted octanol–water partition coefficient (Wildman–Crippen LogP) is 2.78. The van der Waals surface area contributed by atoms with Gasteiger partial charge < -0.3 is 10.5 Å². The van der Waals surface area contributed by atoms with Crippen LogP contribution in [0.3, 0.4) is 0 Å². The summed E-state index contributed by atoms with van der Waals surface area (Å²) in [5, 5.41) is 0.527. The Balaban J connectivity index is 2.74. The van der Waals surface area contributed by atoms with Gasteiger partial charge in [-0.1, -0.05) is 11.6 Å². The highest BCUT2D eigenvalue weighted by Crippen LogP contribution is 2.20. The first-order chi connectivity index (χ1) is 7.44. The number of ether oxygens (including phenoxy) is 1. The summed E-state index contributed by atoms with van der Waals surface area (Å²) in [5.41, 5.74) is 6.13. The molecule has 0 fully saturated rings. The maximum atomic E-state index is 13.5. The Kier molecular flexibility index (Phi) is 4.71. The number of hydrogen-bond acceptors (Lipinski definition) is 2. The first kappa shape index (κ1) is 13.4. The summed E-state index contributed by atoms with van der Waals surface area (Å²) in [6.45, 7) is 2.45. The first-order valence-electron chi connectivity index (χ1n) is 5.16. The van der Waals surface area contributed by atoms with Crippen molar-refractivity contribution in [1.29, 1.82) is 0 Å². The van der Waals surface area contributed by atoms with E-state index in [-0.39, 0.29) is 5.82 Å². The van der Waals surface area contributed by atoms with E-state index < -0.39 is 5.54 Å². The van der Waals surface area contributed by atoms with E-state index >= 15 is 0 Å². The lowest BCUT2D eigenvalue weighted by Gasteiger charge is -2.24. The lowest BCUT2D eigenvalue weighted by molar-refractivity contribution is 0.171. The molecular formula is C12H17ClFNO. The Morgan fingerprint density at radius 2 is 2.19 bits per heavy atom. The van der Waals surface area contributed by atoms with Crippen molar-refractivity contribution in [3.05, 3.63) is 34.6 Å². The van der Waals surface area contributed by atoms with Gasteiger partial charge in [0.15, 0.2) is 0 Å². The van der Waals surface area contributed by atoms with Crippen molar-refractivity contribution >= 4 is 11.6 Å². The van der Waals surface area contributed by atoms with E-state index in [0.717, 1.165) is 0 Å². The van der Waals surface area contributed by atoms with Crippen LogP contribution in [0.25, 0.3) is 0 Å². The van der Waals surface area contributed by atoms with Gasteiger partial charge >= 0.3 is 0 Å². The summed E-state index contributed by atoms with van der Waals surface area (Å²) < 4.78 is 18.4. The van der Waals surface area contributed by atoms with Gasteiger partial charge in [-0.3, -0.25) is 0 Å². The number of nitrogens with two attached hydrogens (primary N) is 1. The minimum absolute atomic E-state index is 0.265. The maximum Gasteiger partial charge on any atom is 0.126 e. The molecule has 2 nitrogen and oxygen atoms in total. The van der Waals surface area contributed by atoms with Gasteiger partial charge in [0.1, 0.15) is 5.82 Å². The second kappa shape index (κ2) is 5.62. The predicted molar refractivity (Wildman–Crippen MR) is 64.2 cm³/mol. The fourth-order valence-electron chi connectivity index (χ4n) is 1.54. The van der Waals surface area contributed by atoms with Gasteiger partial charge in [0.05, 0.1) is 0 Å². The van der Waals surface area contributed by atoms with Gasteiger partial charge in [-0.2, -0.15) is 0 Å². The fraction of sp³-hybridized carbons (Fsp3) is 0.500. The standard InChI is InChI=1S/C12H17ClFNO/c1-12(15,5-6-16-2)8-9-7-10(13)3-4-11(9)14/h3-4,7H,5-6,8,15H2,1-2H3. The number of hydrogen-bond donors (Lipinski definition) is 1. The molecule has 0 aromatic heterocycles. The van der Waals surface area contributed by atoms with Crippen LogP contribution in [0.4, 0.5) is 4.39 Å². The van der Waals surface area contributed by atoms with Crippen LogP contribution in [0.1, 0.15) is 18.9 Å². The summed E-state index contributed by atoms with van der Waals surface area (Å²) in [4.78, 5) is 0. The highest BCUT2D eigenvalue weighted by Gasteiger charge is 2.20. The number of halogens is 2. The van der Waals surface area contributed by atoms with E-state index in [1.807, 2.05) is 6.92 Å². The summed E-state index contributed by atoms with van der Waals surface area (Å²) in [7, 11) is 1.62. The quantitative estimate of drug-likeness (QED) is 0.866. The average molecular weight is 246 g/mol. The lowest BCUT2D eigenvalue weighted by atomic mass is 9.91. The highest BCUT2D eigenvalue weighted by molar-refractivity contribution is 6.30. The molecular weight excluding hydrogens is 229 g/mol. The Hall–Kier alpha value is -0.640. The summed E-state index contributed by atoms with van der Waals surface area (Å²) in [6.07, 6.45) is 1.12. The van der Waals surface area contributed by atoms with E-state index in [2.05, 4.69) is 0 Å². The number of rotatable bonds is 5. The summed E-state index contributed by atoms with van der Waals surface area (Å²) in [6, 6.07) is 4.52. The molecule has 0 aliphatic carbocycles. The van der Waals surface area contributed by atoms with Crippen LogP contribution < -0.4 is 5.73 Å². The van der Waals surface area contributed by atoms with Crippen molar-refractivity contribution in [2.45, 2.75) is 25.3 Å². The molecule has 1 atom stereocenters. The van der Waals surface area contributed by atoms with Gasteiger partial charge in [0, 0.05) is 24.3 Å². The molecule has 1 aromatic rings. The summed E-state index contributed by atoms with van der Waals surface area (Å²) >= 11 is 5.82. The summed E-state index contributed by atoms with van der Waals surface area (Å²) in [5.74, 6) is -0.265. The Morgan fingerprint density at radius 3 is 2.81 bits per heavy atom. The van der Waals surface area contributed by atoms with Gasteiger partial charge in [0.2, 0.25) is 0 Å². The smallest absolute Gasteiger partial charge is 0.126 e. The Bertz CT molecular complexity index is 355. The third-order valence-corrected chi connectivity index (χ3v) is 2.71. The van der Waals surface area contributed by atoms with E-state index in [4.69, 9.17) is 22.1 Å². The van der Waals surface area contributed by atoms with Crippen LogP contribution in [-0.4, -0.2) is 19.3 Å². The molecule has 4 heteroatoms. The van der Waals surface area contributed by atoms with Gasteiger partial charge in [-0.25, -0.2) is 4.39 Å². The lowest BCUT2D eigenvalue weighted by Crippen LogP contribution is -2.39. The molecule has 1 unspecified atom stereocenters. The van der Waals surface area contributed by atoms with E-state index in [0.29, 0.717) is 30.0 Å². The van der Waals surface area contributed by atoms with Crippen LogP contribution >= 0.6 is 11.6 Å². The molecule has 0 spiro atoms. The van der Waals surface area contributed by atoms with Crippen LogP contribution in [-0.2, 0) is 11.2 Å². The maximum absolute atomic E-state index is 13.5. The van der Waals surface area contributed by atoms with Crippen LogP contribution in [0.5, 0.6) is 0 Å². The molecule has 1 aromatic carbocycles. The number of benzene rings is 1. The Labute approximate surface area is 101 Å². The highest BCUT2D eigenvalue weighted by atomic mass is 35.5. The molecule has 0 aliphatic heterocycles. The molecule has 0 heterocycles. The molecule has 90 valence electrons. The topological polar surface area (TPSA) is 35.2 Å². The van der Waals surface area contributed by atoms with E-state index in [1.54, 1.807) is 13.2 Å². The number of methoxy groups -OCH3 is 1. The minimum Gasteiger partial charge on any atom is -0.385 e. The van der Waals surface area contributed by atoms with Crippen molar-refractivity contribution in [2.24, 2.45) is 5.73 Å². The largest absolute Gasteiger partial charge is 0.385 e. The second-order valence-electron chi connectivity index (χ2n) is 4.31. The normalized spacial score (nSPS) is 14.8. The van der Waals surface area contributed by atoms with Crippen molar-refractivity contribution < 1.29 is 9.13 Å². The third-order valence-electron chi connectivity index (χ3n) is 2.48. The zero-order valence-corrected chi connectivity index (χ0v) is 10.4. The molecule has 0 saturated carbocycles. The fourth-order valence-corrected chi connectivity index (χ4v) is 1.73. The average Bonchev–Trinajstić information content (AvgIpc) is 2.20. The second-order valence-corrected chi connectivity index (χ2v) is 4.75. The monoisotopic (exact) mass is 245 g/mol. The van der Waals surface area contributed by atoms with Crippen molar-refractivity contribution in [2.75, 3.05) is 13.7 Å². The molecule has 16 heavy (non-hydrogen) atoms. The van der Waals surface area contributed by atoms with Crippen molar-refractivity contribution in [3.8, 4) is 0 Å². The van der Waals surface area contributed by atoms with Crippen molar-refractivity contribution in [1.82, 2.24) is 0 Å². The van der Waals surface area contributed by atoms with Gasteiger partial charge in [-0.05, 0) is 43.5 Å². The van der Waals surface area contributed by atoms with Crippen LogP contribution in [0.2, 0.25) is 5.02 Å². The Morgan fingerprint density at radius 1 is 1.50 bits per heavy atom. The van der Waals surface area contributed by atoms with E-state index in [1.165, 1.54) is 12.1 Å². The first-order valence-corrected chi connectivity index (χ1v) is 5.54. The third kappa shape index (κ3) is 4.08. The molecule has 0 radical (unpaired) electrons. The van der Waals surface area contributed by atoms with Gasteiger partial charge in [-0.15, -0.1) is 0 Å². The molecule has 0 amide bonds. The van der Waals surface area contributed by atoms with E-state index in [9.17, 15) is 4.39 Å². The molecule has 0 bridgehead atoms. The van der Waals surface area contributed by atoms with Gasteiger partial charge in [0.25, 0.3) is 0 Å². The van der Waals surface area contributed by atoms with Crippen LogP contribution in [0.15, 0.2) is 18.2 Å². The molecule has 1 rings (SSSR count). The SMILES string of the molecule is COCCC(C)(N)Cc1cc(Cl)ccc1F. The molecule has 0 saturated heterocycles. The zero-order valence-electron chi connectivity index (χ0n) is 9.59. The van der Waals surface area contributed by atoms with Crippen LogP contribution in [0, 0.1) is 5.82 Å². The van der Waals surface area contributed by atoms with Crippen molar-refractivity contribution in [3.63, 3.8) is 0 Å². The zero-order chi connectivity index (χ0) is 12.2. The minimum atomic E-state index is -0.485. The molecule has 0 aliphatic rings. The molecule has 2 N–H and O–H groups in total.